The van der Waals surface area contributed by atoms with Crippen molar-refractivity contribution in [1.82, 2.24) is 10.4 Å². The van der Waals surface area contributed by atoms with Gasteiger partial charge in [-0.15, -0.1) is 11.3 Å². The van der Waals surface area contributed by atoms with Gasteiger partial charge in [-0.05, 0) is 50.8 Å². The normalized spacial score (nSPS) is 13.0. The molecule has 8 nitrogen and oxygen atoms in total. The van der Waals surface area contributed by atoms with Crippen LogP contribution in [0.2, 0.25) is 0 Å². The number of amides is 2. The molecule has 0 bridgehead atoms. The van der Waals surface area contributed by atoms with E-state index in [1.54, 1.807) is 38.4 Å². The van der Waals surface area contributed by atoms with Crippen molar-refractivity contribution in [3.8, 4) is 0 Å². The van der Waals surface area contributed by atoms with E-state index in [9.17, 15) is 14.4 Å². The quantitative estimate of drug-likeness (QED) is 0.346. The molecule has 9 heteroatoms. The minimum Gasteiger partial charge on any atom is -0.462 e. The first-order valence-electron chi connectivity index (χ1n) is 8.89. The lowest BCUT2D eigenvalue weighted by Crippen LogP contribution is -2.33. The molecule has 0 saturated heterocycles. The number of thiophene rings is 1. The SMILES string of the molecule is CCOC(=O)c1c(NC(=O)C(=O)NN=C(C)c2ccncc2)sc2c1CCC2. The second kappa shape index (κ2) is 8.75. The van der Waals surface area contributed by atoms with E-state index in [4.69, 9.17) is 4.74 Å². The third-order valence-electron chi connectivity index (χ3n) is 4.26. The number of hydrogen-bond donors (Lipinski definition) is 2. The van der Waals surface area contributed by atoms with E-state index in [0.29, 0.717) is 16.3 Å². The van der Waals surface area contributed by atoms with E-state index in [0.717, 1.165) is 35.3 Å². The third kappa shape index (κ3) is 4.25. The summed E-state index contributed by atoms with van der Waals surface area (Å²) in [5.41, 5.74) is 4.80. The number of aryl methyl sites for hydroxylation is 1. The molecule has 2 heterocycles. The summed E-state index contributed by atoms with van der Waals surface area (Å²) in [5.74, 6) is -2.29. The topological polar surface area (TPSA) is 110 Å². The highest BCUT2D eigenvalue weighted by atomic mass is 32.1. The van der Waals surface area contributed by atoms with E-state index in [1.165, 1.54) is 11.3 Å². The van der Waals surface area contributed by atoms with Crippen molar-refractivity contribution in [2.45, 2.75) is 33.1 Å². The zero-order valence-electron chi connectivity index (χ0n) is 15.6. The Bertz CT molecular complexity index is 937. The van der Waals surface area contributed by atoms with Gasteiger partial charge in [0.05, 0.1) is 17.9 Å². The molecular formula is C19H20N4O4S. The van der Waals surface area contributed by atoms with Crippen LogP contribution >= 0.6 is 11.3 Å². The monoisotopic (exact) mass is 400 g/mol. The minimum atomic E-state index is -0.920. The third-order valence-corrected chi connectivity index (χ3v) is 5.46. The molecule has 146 valence electrons. The van der Waals surface area contributed by atoms with E-state index in [-0.39, 0.29) is 6.61 Å². The number of carbonyl (C=O) groups excluding carboxylic acids is 3. The molecule has 0 fully saturated rings. The smallest absolute Gasteiger partial charge is 0.341 e. The van der Waals surface area contributed by atoms with Crippen molar-refractivity contribution in [3.63, 3.8) is 0 Å². The van der Waals surface area contributed by atoms with Crippen LogP contribution in [-0.2, 0) is 27.2 Å². The number of ether oxygens (including phenoxy) is 1. The van der Waals surface area contributed by atoms with E-state index in [2.05, 4.69) is 20.8 Å². The molecule has 28 heavy (non-hydrogen) atoms. The van der Waals surface area contributed by atoms with E-state index >= 15 is 0 Å². The molecule has 0 radical (unpaired) electrons. The Kier molecular flexibility index (Phi) is 6.15. The Morgan fingerprint density at radius 3 is 2.68 bits per heavy atom. The van der Waals surface area contributed by atoms with Crippen LogP contribution in [0.25, 0.3) is 0 Å². The molecule has 0 atom stereocenters. The number of fused-ring (bicyclic) bond motifs is 1. The van der Waals surface area contributed by atoms with Crippen LogP contribution in [0.15, 0.2) is 29.6 Å². The number of pyridine rings is 1. The number of aromatic nitrogens is 1. The first kappa shape index (κ1) is 19.7. The van der Waals surface area contributed by atoms with Crippen LogP contribution in [0.1, 0.15) is 46.6 Å². The molecule has 2 amide bonds. The van der Waals surface area contributed by atoms with Gasteiger partial charge in [0, 0.05) is 22.8 Å². The van der Waals surface area contributed by atoms with Gasteiger partial charge in [0.1, 0.15) is 5.00 Å². The van der Waals surface area contributed by atoms with Gasteiger partial charge in [-0.2, -0.15) is 5.10 Å². The lowest BCUT2D eigenvalue weighted by Gasteiger charge is -2.07. The van der Waals surface area contributed by atoms with Gasteiger partial charge in [0.2, 0.25) is 0 Å². The lowest BCUT2D eigenvalue weighted by atomic mass is 10.1. The summed E-state index contributed by atoms with van der Waals surface area (Å²) in [4.78, 5) is 41.7. The molecule has 0 saturated carbocycles. The Morgan fingerprint density at radius 1 is 1.21 bits per heavy atom. The Hall–Kier alpha value is -3.07. The van der Waals surface area contributed by atoms with Gasteiger partial charge in [-0.25, -0.2) is 10.2 Å². The van der Waals surface area contributed by atoms with Gasteiger partial charge in [-0.3, -0.25) is 14.6 Å². The van der Waals surface area contributed by atoms with Crippen LogP contribution in [0, 0.1) is 0 Å². The molecule has 0 aromatic carbocycles. The summed E-state index contributed by atoms with van der Waals surface area (Å²) in [6, 6.07) is 3.48. The number of esters is 1. The maximum Gasteiger partial charge on any atom is 0.341 e. The molecule has 0 aliphatic heterocycles. The molecule has 0 unspecified atom stereocenters. The highest BCUT2D eigenvalue weighted by Crippen LogP contribution is 2.39. The van der Waals surface area contributed by atoms with Crippen LogP contribution in [-0.4, -0.2) is 35.1 Å². The van der Waals surface area contributed by atoms with Gasteiger partial charge in [0.25, 0.3) is 0 Å². The maximum atomic E-state index is 12.3. The predicted octanol–water partition coefficient (Wildman–Crippen LogP) is 2.29. The van der Waals surface area contributed by atoms with E-state index in [1.807, 2.05) is 0 Å². The fourth-order valence-corrected chi connectivity index (χ4v) is 4.19. The highest BCUT2D eigenvalue weighted by molar-refractivity contribution is 7.17. The molecular weight excluding hydrogens is 380 g/mol. The summed E-state index contributed by atoms with van der Waals surface area (Å²) in [6.07, 6.45) is 5.79. The predicted molar refractivity (Wildman–Crippen MR) is 106 cm³/mol. The van der Waals surface area contributed by atoms with Gasteiger partial charge in [0.15, 0.2) is 0 Å². The molecule has 2 aromatic heterocycles. The standard InChI is InChI=1S/C19H20N4O4S/c1-3-27-19(26)15-13-5-4-6-14(13)28-18(15)21-16(24)17(25)23-22-11(2)12-7-9-20-10-8-12/h7-10H,3-6H2,1-2H3,(H,21,24)(H,23,25). The lowest BCUT2D eigenvalue weighted by molar-refractivity contribution is -0.136. The molecule has 1 aliphatic carbocycles. The molecule has 1 aliphatic rings. The summed E-state index contributed by atoms with van der Waals surface area (Å²) in [6.45, 7) is 3.66. The fourth-order valence-electron chi connectivity index (χ4n) is 2.91. The molecule has 3 rings (SSSR count). The van der Waals surface area contributed by atoms with Crippen molar-refractivity contribution >= 4 is 39.8 Å². The number of nitrogens with one attached hydrogen (secondary N) is 2. The Labute approximate surface area is 166 Å². The summed E-state index contributed by atoms with van der Waals surface area (Å²) in [7, 11) is 0. The molecule has 0 spiro atoms. The van der Waals surface area contributed by atoms with Gasteiger partial charge in [-0.1, -0.05) is 0 Å². The fraction of sp³-hybridized carbons (Fsp3) is 0.316. The summed E-state index contributed by atoms with van der Waals surface area (Å²) >= 11 is 1.31. The first-order valence-corrected chi connectivity index (χ1v) is 9.70. The second-order valence-corrected chi connectivity index (χ2v) is 7.22. The van der Waals surface area contributed by atoms with Crippen molar-refractivity contribution in [2.24, 2.45) is 5.10 Å². The number of hydrazone groups is 1. The van der Waals surface area contributed by atoms with Crippen molar-refractivity contribution in [3.05, 3.63) is 46.1 Å². The molecule has 2 aromatic rings. The number of nitrogens with zero attached hydrogens (tertiary/aromatic N) is 2. The Morgan fingerprint density at radius 2 is 1.96 bits per heavy atom. The van der Waals surface area contributed by atoms with E-state index < -0.39 is 17.8 Å². The summed E-state index contributed by atoms with van der Waals surface area (Å²) in [5, 5.41) is 6.81. The van der Waals surface area contributed by atoms with Crippen molar-refractivity contribution in [1.29, 1.82) is 0 Å². The van der Waals surface area contributed by atoms with Crippen LogP contribution < -0.4 is 10.7 Å². The largest absolute Gasteiger partial charge is 0.462 e. The minimum absolute atomic E-state index is 0.236. The zero-order valence-corrected chi connectivity index (χ0v) is 16.4. The van der Waals surface area contributed by atoms with Crippen LogP contribution in [0.3, 0.4) is 0 Å². The Balaban J connectivity index is 1.71. The average Bonchev–Trinajstić information content (AvgIpc) is 3.27. The van der Waals surface area contributed by atoms with Crippen molar-refractivity contribution < 1.29 is 19.1 Å². The van der Waals surface area contributed by atoms with Crippen LogP contribution in [0.5, 0.6) is 0 Å². The summed E-state index contributed by atoms with van der Waals surface area (Å²) < 4.78 is 5.11. The first-order chi connectivity index (χ1) is 13.5. The highest BCUT2D eigenvalue weighted by Gasteiger charge is 2.29. The molecule has 2 N–H and O–H groups in total. The zero-order chi connectivity index (χ0) is 20.1. The average molecular weight is 400 g/mol. The van der Waals surface area contributed by atoms with Crippen molar-refractivity contribution in [2.75, 3.05) is 11.9 Å². The number of hydrogen-bond acceptors (Lipinski definition) is 7. The number of anilines is 1. The maximum absolute atomic E-state index is 12.3. The van der Waals surface area contributed by atoms with Crippen LogP contribution in [0.4, 0.5) is 5.00 Å². The number of carbonyl (C=O) groups is 3. The van der Waals surface area contributed by atoms with Gasteiger partial charge >= 0.3 is 17.8 Å². The van der Waals surface area contributed by atoms with Gasteiger partial charge < -0.3 is 10.1 Å². The second-order valence-electron chi connectivity index (χ2n) is 6.11. The number of rotatable bonds is 5.